The van der Waals surface area contributed by atoms with Crippen molar-refractivity contribution < 1.29 is 4.74 Å². The van der Waals surface area contributed by atoms with E-state index in [9.17, 15) is 4.79 Å². The van der Waals surface area contributed by atoms with Gasteiger partial charge < -0.3 is 24.8 Å². The number of benzene rings is 2. The third kappa shape index (κ3) is 5.78. The summed E-state index contributed by atoms with van der Waals surface area (Å²) in [7, 11) is 4.12. The van der Waals surface area contributed by atoms with E-state index < -0.39 is 0 Å². The number of anilines is 2. The van der Waals surface area contributed by atoms with Crippen LogP contribution in [-0.4, -0.2) is 48.7 Å². The summed E-state index contributed by atoms with van der Waals surface area (Å²) in [5.41, 5.74) is 5.00. The number of aromatic amines is 1. The topological polar surface area (TPSA) is 73.5 Å². The summed E-state index contributed by atoms with van der Waals surface area (Å²) in [6.45, 7) is 4.90. The summed E-state index contributed by atoms with van der Waals surface area (Å²) in [5.74, 6) is 0. The van der Waals surface area contributed by atoms with E-state index >= 15 is 0 Å². The van der Waals surface area contributed by atoms with E-state index in [0.717, 1.165) is 23.6 Å². The van der Waals surface area contributed by atoms with E-state index in [2.05, 4.69) is 95.7 Å². The quantitative estimate of drug-likeness (QED) is 0.239. The standard InChI is InChI=1S/C31H33N5O2S2/c1-20(24-9-4-7-22(34-24)18-35(2)3)33-21-12-13-27-29(17-21)39-28-11-5-8-23(30(28)40-27)26-19-36(15-16-38-26)25-10-6-14-32-31(25)37/h4-14,17,20,26,33H,15-16,18-19H2,1-3H3,(H,32,37). The minimum Gasteiger partial charge on any atom is -0.377 e. The second-order valence-corrected chi connectivity index (χ2v) is 12.5. The first-order chi connectivity index (χ1) is 19.4. The van der Waals surface area contributed by atoms with Crippen LogP contribution < -0.4 is 15.8 Å². The van der Waals surface area contributed by atoms with Crippen molar-refractivity contribution in [2.24, 2.45) is 0 Å². The van der Waals surface area contributed by atoms with Gasteiger partial charge in [0.05, 0.1) is 24.0 Å². The van der Waals surface area contributed by atoms with Crippen LogP contribution in [0.25, 0.3) is 0 Å². The molecular formula is C31H33N5O2S2. The molecule has 2 aromatic heterocycles. The molecule has 1 fully saturated rings. The van der Waals surface area contributed by atoms with Gasteiger partial charge in [-0.05, 0) is 75.1 Å². The Morgan fingerprint density at radius 1 is 1.07 bits per heavy atom. The number of aromatic nitrogens is 2. The minimum absolute atomic E-state index is 0.0621. The molecule has 9 heteroatoms. The highest BCUT2D eigenvalue weighted by Gasteiger charge is 2.29. The Balaban J connectivity index is 1.19. The number of hydrogen-bond donors (Lipinski definition) is 2. The van der Waals surface area contributed by atoms with Gasteiger partial charge in [0.25, 0.3) is 5.56 Å². The van der Waals surface area contributed by atoms with Gasteiger partial charge in [-0.1, -0.05) is 41.7 Å². The Labute approximate surface area is 243 Å². The zero-order valence-electron chi connectivity index (χ0n) is 22.9. The highest BCUT2D eigenvalue weighted by Crippen LogP contribution is 2.52. The first-order valence-corrected chi connectivity index (χ1v) is 15.1. The van der Waals surface area contributed by atoms with Crippen molar-refractivity contribution in [3.8, 4) is 0 Å². The maximum atomic E-state index is 12.4. The molecule has 4 aromatic rings. The van der Waals surface area contributed by atoms with Gasteiger partial charge >= 0.3 is 0 Å². The number of H-pyrrole nitrogens is 1. The van der Waals surface area contributed by atoms with E-state index in [1.165, 1.54) is 25.1 Å². The zero-order chi connectivity index (χ0) is 27.6. The van der Waals surface area contributed by atoms with Crippen molar-refractivity contribution in [3.63, 3.8) is 0 Å². The molecule has 0 bridgehead atoms. The third-order valence-electron chi connectivity index (χ3n) is 7.07. The van der Waals surface area contributed by atoms with Gasteiger partial charge in [-0.25, -0.2) is 0 Å². The highest BCUT2D eigenvalue weighted by molar-refractivity contribution is 8.05. The molecule has 0 spiro atoms. The Kier molecular flexibility index (Phi) is 7.89. The molecule has 0 saturated carbocycles. The minimum atomic E-state index is -0.101. The second-order valence-electron chi connectivity index (χ2n) is 10.4. The molecule has 206 valence electrons. The Hall–Kier alpha value is -3.24. The van der Waals surface area contributed by atoms with Crippen molar-refractivity contribution in [2.45, 2.75) is 45.2 Å². The molecule has 2 aromatic carbocycles. The van der Waals surface area contributed by atoms with Gasteiger partial charge in [-0.3, -0.25) is 9.78 Å². The summed E-state index contributed by atoms with van der Waals surface area (Å²) in [5, 5.41) is 3.65. The van der Waals surface area contributed by atoms with Gasteiger partial charge in [0.2, 0.25) is 0 Å². The van der Waals surface area contributed by atoms with Crippen LogP contribution in [0.5, 0.6) is 0 Å². The summed E-state index contributed by atoms with van der Waals surface area (Å²) >= 11 is 3.60. The lowest BCUT2D eigenvalue weighted by molar-refractivity contribution is 0.0378. The molecule has 0 amide bonds. The van der Waals surface area contributed by atoms with Crippen LogP contribution in [0.3, 0.4) is 0 Å². The number of ether oxygens (including phenoxy) is 1. The number of morpholine rings is 1. The zero-order valence-corrected chi connectivity index (χ0v) is 24.5. The number of nitrogens with one attached hydrogen (secondary N) is 2. The number of nitrogens with zero attached hydrogens (tertiary/aromatic N) is 3. The summed E-state index contributed by atoms with van der Waals surface area (Å²) < 4.78 is 6.25. The number of hydrogen-bond acceptors (Lipinski definition) is 8. The summed E-state index contributed by atoms with van der Waals surface area (Å²) in [6, 6.07) is 23.1. The largest absolute Gasteiger partial charge is 0.377 e. The van der Waals surface area contributed by atoms with E-state index in [4.69, 9.17) is 9.72 Å². The van der Waals surface area contributed by atoms with Crippen molar-refractivity contribution in [2.75, 3.05) is 44.0 Å². The first kappa shape index (κ1) is 27.0. The maximum absolute atomic E-state index is 12.4. The molecular weight excluding hydrogens is 539 g/mol. The van der Waals surface area contributed by atoms with Crippen LogP contribution in [0.2, 0.25) is 0 Å². The van der Waals surface area contributed by atoms with E-state index in [1.807, 2.05) is 12.1 Å². The number of rotatable bonds is 7. The molecule has 2 aliphatic heterocycles. The second kappa shape index (κ2) is 11.7. The molecule has 0 aliphatic carbocycles. The van der Waals surface area contributed by atoms with E-state index in [-0.39, 0.29) is 17.7 Å². The molecule has 6 rings (SSSR count). The smallest absolute Gasteiger partial charge is 0.271 e. The van der Waals surface area contributed by atoms with Crippen LogP contribution in [0.15, 0.2) is 97.3 Å². The van der Waals surface area contributed by atoms with Crippen molar-refractivity contribution >= 4 is 34.9 Å². The molecule has 40 heavy (non-hydrogen) atoms. The van der Waals surface area contributed by atoms with Crippen molar-refractivity contribution in [1.82, 2.24) is 14.9 Å². The summed E-state index contributed by atoms with van der Waals surface area (Å²) in [6.07, 6.45) is 1.57. The van der Waals surface area contributed by atoms with Crippen LogP contribution in [0.1, 0.15) is 36.0 Å². The lowest BCUT2D eigenvalue weighted by atomic mass is 10.1. The maximum Gasteiger partial charge on any atom is 0.271 e. The molecule has 7 nitrogen and oxygen atoms in total. The summed E-state index contributed by atoms with van der Waals surface area (Å²) in [4.78, 5) is 29.3. The molecule has 0 radical (unpaired) electrons. The normalized spacial score (nSPS) is 17.3. The van der Waals surface area contributed by atoms with Gasteiger partial charge in [0.15, 0.2) is 0 Å². The van der Waals surface area contributed by atoms with Crippen LogP contribution >= 0.6 is 23.5 Å². The van der Waals surface area contributed by atoms with Gasteiger partial charge in [-0.15, -0.1) is 0 Å². The van der Waals surface area contributed by atoms with E-state index in [0.29, 0.717) is 25.4 Å². The fourth-order valence-electron chi connectivity index (χ4n) is 5.16. The average molecular weight is 572 g/mol. The fourth-order valence-corrected chi connectivity index (χ4v) is 7.61. The van der Waals surface area contributed by atoms with Crippen LogP contribution in [0.4, 0.5) is 11.4 Å². The molecule has 2 N–H and O–H groups in total. The Morgan fingerprint density at radius 2 is 1.95 bits per heavy atom. The van der Waals surface area contributed by atoms with Gasteiger partial charge in [-0.2, -0.15) is 0 Å². The number of fused-ring (bicyclic) bond motifs is 2. The van der Waals surface area contributed by atoms with Gasteiger partial charge in [0, 0.05) is 51.1 Å². The van der Waals surface area contributed by atoms with Crippen molar-refractivity contribution in [3.05, 3.63) is 100 Å². The Morgan fingerprint density at radius 3 is 2.80 bits per heavy atom. The fraction of sp³-hybridized carbons (Fsp3) is 0.290. The Bertz CT molecular complexity index is 1570. The predicted octanol–water partition coefficient (Wildman–Crippen LogP) is 6.20. The lowest BCUT2D eigenvalue weighted by Crippen LogP contribution is -2.41. The van der Waals surface area contributed by atoms with E-state index in [1.54, 1.807) is 29.7 Å². The molecule has 2 unspecified atom stereocenters. The third-order valence-corrected chi connectivity index (χ3v) is 9.68. The molecule has 2 aliphatic rings. The van der Waals surface area contributed by atoms with Crippen LogP contribution in [0, 0.1) is 0 Å². The first-order valence-electron chi connectivity index (χ1n) is 13.5. The van der Waals surface area contributed by atoms with Gasteiger partial charge in [0.1, 0.15) is 11.8 Å². The average Bonchev–Trinajstić information content (AvgIpc) is 2.96. The monoisotopic (exact) mass is 571 g/mol. The molecule has 1 saturated heterocycles. The lowest BCUT2D eigenvalue weighted by Gasteiger charge is -2.35. The number of pyridine rings is 2. The molecule has 4 heterocycles. The van der Waals surface area contributed by atoms with Crippen LogP contribution in [-0.2, 0) is 11.3 Å². The molecule has 2 atom stereocenters. The van der Waals surface area contributed by atoms with Crippen molar-refractivity contribution in [1.29, 1.82) is 0 Å². The predicted molar refractivity (Wildman–Crippen MR) is 163 cm³/mol. The SMILES string of the molecule is CC(Nc1ccc2c(c1)Sc1cccc(C3CN(c4ccc[nH]c4=O)CCO3)c1S2)c1cccc(CN(C)C)n1. The highest BCUT2D eigenvalue weighted by atomic mass is 32.2.